The minimum absolute atomic E-state index is 0.0500. The Morgan fingerprint density at radius 3 is 2.66 bits per heavy atom. The highest BCUT2D eigenvalue weighted by molar-refractivity contribution is 7.65. The second-order valence-corrected chi connectivity index (χ2v) is 9.98. The molecule has 176 valence electrons. The summed E-state index contributed by atoms with van der Waals surface area (Å²) in [4.78, 5) is 53.6. The first-order valence-corrected chi connectivity index (χ1v) is 12.3. The second-order valence-electron chi connectivity index (χ2n) is 6.86. The Morgan fingerprint density at radius 2 is 2.06 bits per heavy atom. The van der Waals surface area contributed by atoms with E-state index in [9.17, 15) is 23.1 Å². The van der Waals surface area contributed by atoms with Crippen molar-refractivity contribution in [3.05, 3.63) is 24.0 Å². The molecule has 32 heavy (non-hydrogen) atoms. The SMILES string of the molecule is O=C(NC[C@H]1CN(c2ccc(N3CCOCC3)c(F)c2)C(=O)O1)OC([P+](=O)O)P(=O)(O)O. The first-order chi connectivity index (χ1) is 15.1. The molecule has 3 rings (SSSR count). The van der Waals surface area contributed by atoms with Gasteiger partial charge in [-0.15, -0.1) is 0 Å². The summed E-state index contributed by atoms with van der Waals surface area (Å²) in [6.45, 7) is 1.69. The largest absolute Gasteiger partial charge is 0.564 e. The van der Waals surface area contributed by atoms with Crippen molar-refractivity contribution in [2.24, 2.45) is 0 Å². The third-order valence-electron chi connectivity index (χ3n) is 4.63. The molecule has 3 atom stereocenters. The monoisotopic (exact) mass is 496 g/mol. The van der Waals surface area contributed by atoms with E-state index in [0.29, 0.717) is 32.0 Å². The molecule has 0 spiro atoms. The van der Waals surface area contributed by atoms with E-state index in [0.717, 1.165) is 4.90 Å². The number of ether oxygens (including phenoxy) is 3. The van der Waals surface area contributed by atoms with E-state index in [2.05, 4.69) is 10.1 Å². The van der Waals surface area contributed by atoms with Crippen LogP contribution in [0, 0.1) is 5.82 Å². The van der Waals surface area contributed by atoms with E-state index in [4.69, 9.17) is 24.2 Å². The van der Waals surface area contributed by atoms with Crippen LogP contribution in [-0.4, -0.2) is 77.9 Å². The Labute approximate surface area is 182 Å². The van der Waals surface area contributed by atoms with Gasteiger partial charge in [-0.05, 0) is 22.8 Å². The Hall–Kier alpha value is -2.34. The average Bonchev–Trinajstić information content (AvgIpc) is 3.10. The molecule has 2 amide bonds. The topological polar surface area (TPSA) is 175 Å². The minimum Gasteiger partial charge on any atom is -0.442 e. The number of benzene rings is 1. The smallest absolute Gasteiger partial charge is 0.442 e. The molecule has 0 bridgehead atoms. The van der Waals surface area contributed by atoms with Crippen LogP contribution in [0.4, 0.5) is 25.4 Å². The van der Waals surface area contributed by atoms with Crippen molar-refractivity contribution in [2.45, 2.75) is 11.7 Å². The van der Waals surface area contributed by atoms with Crippen molar-refractivity contribution in [2.75, 3.05) is 49.2 Å². The van der Waals surface area contributed by atoms with Gasteiger partial charge in [0.25, 0.3) is 0 Å². The van der Waals surface area contributed by atoms with E-state index in [1.54, 1.807) is 12.1 Å². The molecule has 0 saturated carbocycles. The number of carbonyl (C=O) groups is 2. The Morgan fingerprint density at radius 1 is 1.38 bits per heavy atom. The van der Waals surface area contributed by atoms with E-state index < -0.39 is 45.3 Å². The van der Waals surface area contributed by atoms with Crippen LogP contribution in [0.1, 0.15) is 0 Å². The Bertz CT molecular complexity index is 939. The first kappa shape index (κ1) is 24.3. The number of nitrogens with zero attached hydrogens (tertiary/aromatic N) is 2. The number of hydrogen-bond donors (Lipinski definition) is 4. The molecule has 0 aromatic heterocycles. The number of cyclic esters (lactones) is 1. The molecule has 0 radical (unpaired) electrons. The molecule has 1 aromatic carbocycles. The van der Waals surface area contributed by atoms with Crippen LogP contribution in [0.2, 0.25) is 0 Å². The van der Waals surface area contributed by atoms with Gasteiger partial charge in [0.05, 0.1) is 37.7 Å². The van der Waals surface area contributed by atoms with E-state index in [1.165, 1.54) is 6.07 Å². The number of anilines is 2. The lowest BCUT2D eigenvalue weighted by Gasteiger charge is -2.29. The van der Waals surface area contributed by atoms with Crippen LogP contribution in [0.5, 0.6) is 0 Å². The van der Waals surface area contributed by atoms with Gasteiger partial charge in [0.2, 0.25) is 0 Å². The summed E-state index contributed by atoms with van der Waals surface area (Å²) in [5.74, 6) is -0.524. The number of rotatable bonds is 7. The molecular formula is C16H21FN3O10P2+. The molecule has 2 unspecified atom stereocenters. The number of nitrogens with one attached hydrogen (secondary N) is 1. The van der Waals surface area contributed by atoms with Gasteiger partial charge >= 0.3 is 33.4 Å². The zero-order chi connectivity index (χ0) is 23.5. The van der Waals surface area contributed by atoms with Gasteiger partial charge in [-0.1, -0.05) is 0 Å². The fraction of sp³-hybridized carbons (Fsp3) is 0.500. The standard InChI is InChI=1S/C16H20FN3O10P2/c17-12-7-10(1-2-13(12)19-3-5-28-6-4-19)20-9-11(29-15(20)22)8-18-14(21)30-16(31(23)24)32(25,26)27/h1-2,7,11,16H,3-6,8-9H2,(H3-,18,21,23,24,25,26,27)/p+1/t11-,16?/m0/s1. The fourth-order valence-corrected chi connectivity index (χ4v) is 4.59. The fourth-order valence-electron chi connectivity index (χ4n) is 3.14. The molecule has 1 aromatic rings. The lowest BCUT2D eigenvalue weighted by Crippen LogP contribution is -2.37. The molecule has 2 fully saturated rings. The Kier molecular flexibility index (Phi) is 7.65. The van der Waals surface area contributed by atoms with Crippen molar-refractivity contribution in [3.63, 3.8) is 0 Å². The van der Waals surface area contributed by atoms with Crippen LogP contribution in [0.3, 0.4) is 0 Å². The lowest BCUT2D eigenvalue weighted by atomic mass is 10.2. The number of amides is 2. The van der Waals surface area contributed by atoms with Crippen molar-refractivity contribution in [1.82, 2.24) is 5.32 Å². The summed E-state index contributed by atoms with van der Waals surface area (Å²) in [6.07, 6.45) is -3.05. The number of morpholine rings is 1. The predicted molar refractivity (Wildman–Crippen MR) is 107 cm³/mol. The third-order valence-corrected chi connectivity index (χ3v) is 7.29. The van der Waals surface area contributed by atoms with Gasteiger partial charge in [0, 0.05) is 13.1 Å². The van der Waals surface area contributed by atoms with Crippen LogP contribution in [0.15, 0.2) is 18.2 Å². The normalized spacial score (nSPS) is 20.6. The minimum atomic E-state index is -5.17. The van der Waals surface area contributed by atoms with Gasteiger partial charge in [0.1, 0.15) is 11.9 Å². The molecule has 16 heteroatoms. The number of hydrogen-bond acceptors (Lipinski definition) is 8. The van der Waals surface area contributed by atoms with Gasteiger partial charge in [-0.2, -0.15) is 4.89 Å². The molecular weight excluding hydrogens is 475 g/mol. The summed E-state index contributed by atoms with van der Waals surface area (Å²) < 4.78 is 51.3. The zero-order valence-corrected chi connectivity index (χ0v) is 18.3. The average molecular weight is 496 g/mol. The molecule has 2 saturated heterocycles. The van der Waals surface area contributed by atoms with Crippen molar-refractivity contribution >= 4 is 39.2 Å². The number of halogens is 1. The van der Waals surface area contributed by atoms with Gasteiger partial charge in [-0.25, -0.2) is 14.0 Å². The van der Waals surface area contributed by atoms with Crippen LogP contribution in [0.25, 0.3) is 0 Å². The van der Waals surface area contributed by atoms with Crippen molar-refractivity contribution < 1.29 is 52.0 Å². The lowest BCUT2D eigenvalue weighted by molar-refractivity contribution is 0.122. The van der Waals surface area contributed by atoms with Gasteiger partial charge in [-0.3, -0.25) is 9.46 Å². The maximum atomic E-state index is 14.6. The second kappa shape index (κ2) is 10.1. The quantitative estimate of drug-likeness (QED) is 0.395. The predicted octanol–water partition coefficient (Wildman–Crippen LogP) is 0.910. The third kappa shape index (κ3) is 5.91. The number of carbonyl (C=O) groups excluding carboxylic acids is 2. The van der Waals surface area contributed by atoms with Gasteiger partial charge in [0.15, 0.2) is 0 Å². The summed E-state index contributed by atoms with van der Waals surface area (Å²) in [6, 6.07) is 4.30. The summed E-state index contributed by atoms with van der Waals surface area (Å²) >= 11 is 0. The highest BCUT2D eigenvalue weighted by Crippen LogP contribution is 2.52. The van der Waals surface area contributed by atoms with Crippen LogP contribution in [-0.2, 0) is 23.3 Å². The highest BCUT2D eigenvalue weighted by Gasteiger charge is 2.49. The van der Waals surface area contributed by atoms with E-state index in [1.807, 2.05) is 4.90 Å². The number of alkyl carbamates (subject to hydrolysis) is 1. The molecule has 2 aliphatic rings. The first-order valence-electron chi connectivity index (χ1n) is 9.31. The summed E-state index contributed by atoms with van der Waals surface area (Å²) in [5, 5.41) is 2.10. The molecule has 2 heterocycles. The highest BCUT2D eigenvalue weighted by atomic mass is 31.2. The van der Waals surface area contributed by atoms with E-state index >= 15 is 0 Å². The van der Waals surface area contributed by atoms with Crippen LogP contribution >= 0.6 is 15.6 Å². The van der Waals surface area contributed by atoms with Crippen molar-refractivity contribution in [3.8, 4) is 0 Å². The molecule has 2 aliphatic heterocycles. The molecule has 0 aliphatic carbocycles. The van der Waals surface area contributed by atoms with Crippen LogP contribution < -0.4 is 15.1 Å². The maximum absolute atomic E-state index is 14.6. The summed E-state index contributed by atoms with van der Waals surface area (Å²) in [7, 11) is -8.67. The summed E-state index contributed by atoms with van der Waals surface area (Å²) in [5.41, 5.74) is -1.89. The van der Waals surface area contributed by atoms with Crippen molar-refractivity contribution in [1.29, 1.82) is 0 Å². The maximum Gasteiger partial charge on any atom is 0.564 e. The zero-order valence-electron chi connectivity index (χ0n) is 16.5. The Balaban J connectivity index is 1.57. The van der Waals surface area contributed by atoms with Gasteiger partial charge < -0.3 is 34.2 Å². The molecule has 13 nitrogen and oxygen atoms in total. The molecule has 4 N–H and O–H groups in total. The van der Waals surface area contributed by atoms with E-state index in [-0.39, 0.29) is 18.8 Å².